The summed E-state index contributed by atoms with van der Waals surface area (Å²) in [5, 5.41) is 3.00. The molecule has 2 aromatic rings. The molecule has 1 fully saturated rings. The first-order valence-electron chi connectivity index (χ1n) is 7.54. The quantitative estimate of drug-likeness (QED) is 0.942. The Labute approximate surface area is 129 Å². The number of carbonyl (C=O) groups is 2. The van der Waals surface area contributed by atoms with Crippen molar-refractivity contribution in [2.45, 2.75) is 32.2 Å². The Morgan fingerprint density at radius 1 is 1.36 bits per heavy atom. The zero-order valence-corrected chi connectivity index (χ0v) is 12.5. The molecule has 0 aliphatic heterocycles. The van der Waals surface area contributed by atoms with Crippen molar-refractivity contribution in [3.8, 4) is 5.69 Å². The normalized spacial score (nSPS) is 19.1. The van der Waals surface area contributed by atoms with E-state index < -0.39 is 0 Å². The van der Waals surface area contributed by atoms with Gasteiger partial charge in [0, 0.05) is 36.8 Å². The molecule has 0 saturated heterocycles. The number of nitrogens with zero attached hydrogens (tertiary/aromatic N) is 2. The van der Waals surface area contributed by atoms with Crippen molar-refractivity contribution < 1.29 is 9.59 Å². The number of aromatic nitrogens is 2. The Morgan fingerprint density at radius 3 is 2.73 bits per heavy atom. The van der Waals surface area contributed by atoms with Gasteiger partial charge in [0.1, 0.15) is 5.78 Å². The predicted octanol–water partition coefficient (Wildman–Crippen LogP) is 2.42. The van der Waals surface area contributed by atoms with Crippen LogP contribution >= 0.6 is 0 Å². The molecule has 1 aromatic carbocycles. The van der Waals surface area contributed by atoms with Crippen LogP contribution in [0.3, 0.4) is 0 Å². The number of amides is 1. The van der Waals surface area contributed by atoms with Crippen LogP contribution in [-0.4, -0.2) is 21.2 Å². The second-order valence-corrected chi connectivity index (χ2v) is 5.77. The van der Waals surface area contributed by atoms with Gasteiger partial charge in [0.25, 0.3) is 0 Å². The van der Waals surface area contributed by atoms with Crippen molar-refractivity contribution >= 4 is 11.7 Å². The Morgan fingerprint density at radius 2 is 2.14 bits per heavy atom. The number of hydrogen-bond donors (Lipinski definition) is 1. The molecule has 1 heterocycles. The Hall–Kier alpha value is -2.43. The molecule has 0 bridgehead atoms. The lowest BCUT2D eigenvalue weighted by Gasteiger charge is -2.17. The number of hydrogen-bond acceptors (Lipinski definition) is 3. The molecule has 2 atom stereocenters. The maximum absolute atomic E-state index is 12.2. The van der Waals surface area contributed by atoms with Crippen LogP contribution in [0.1, 0.15) is 37.8 Å². The second-order valence-electron chi connectivity index (χ2n) is 5.77. The third-order valence-corrected chi connectivity index (χ3v) is 4.17. The van der Waals surface area contributed by atoms with Gasteiger partial charge in [0.2, 0.25) is 5.91 Å². The van der Waals surface area contributed by atoms with Gasteiger partial charge >= 0.3 is 0 Å². The highest BCUT2D eigenvalue weighted by molar-refractivity contribution is 5.90. The van der Waals surface area contributed by atoms with E-state index >= 15 is 0 Å². The van der Waals surface area contributed by atoms with Gasteiger partial charge in [-0.1, -0.05) is 12.1 Å². The monoisotopic (exact) mass is 297 g/mol. The molecule has 0 radical (unpaired) electrons. The highest BCUT2D eigenvalue weighted by Crippen LogP contribution is 2.23. The molecule has 0 spiro atoms. The van der Waals surface area contributed by atoms with Gasteiger partial charge in [0.15, 0.2) is 0 Å². The molecule has 1 aliphatic rings. The highest BCUT2D eigenvalue weighted by Gasteiger charge is 2.28. The summed E-state index contributed by atoms with van der Waals surface area (Å²) >= 11 is 0. The van der Waals surface area contributed by atoms with Gasteiger partial charge in [-0.2, -0.15) is 0 Å². The first-order valence-corrected chi connectivity index (χ1v) is 7.54. The number of imidazole rings is 1. The third-order valence-electron chi connectivity index (χ3n) is 4.17. The van der Waals surface area contributed by atoms with Crippen molar-refractivity contribution in [2.75, 3.05) is 0 Å². The molecule has 1 aliphatic carbocycles. The summed E-state index contributed by atoms with van der Waals surface area (Å²) in [7, 11) is 0. The first-order chi connectivity index (χ1) is 10.6. The average molecular weight is 297 g/mol. The number of benzene rings is 1. The van der Waals surface area contributed by atoms with Crippen LogP contribution < -0.4 is 5.32 Å². The third kappa shape index (κ3) is 3.08. The van der Waals surface area contributed by atoms with Gasteiger partial charge in [-0.05, 0) is 31.0 Å². The molecule has 3 rings (SSSR count). The van der Waals surface area contributed by atoms with Gasteiger partial charge < -0.3 is 9.88 Å². The van der Waals surface area contributed by atoms with Crippen molar-refractivity contribution in [1.29, 1.82) is 0 Å². The number of carbonyl (C=O) groups excluding carboxylic acids is 2. The van der Waals surface area contributed by atoms with Crippen molar-refractivity contribution in [2.24, 2.45) is 5.92 Å². The van der Waals surface area contributed by atoms with E-state index in [1.165, 1.54) is 0 Å². The second kappa shape index (κ2) is 6.13. The van der Waals surface area contributed by atoms with Crippen molar-refractivity contribution in [1.82, 2.24) is 14.9 Å². The zero-order chi connectivity index (χ0) is 15.5. The fourth-order valence-electron chi connectivity index (χ4n) is 2.80. The topological polar surface area (TPSA) is 64.0 Å². The van der Waals surface area contributed by atoms with Crippen LogP contribution in [0, 0.1) is 5.92 Å². The summed E-state index contributed by atoms with van der Waals surface area (Å²) in [6, 6.07) is 7.93. The number of nitrogens with one attached hydrogen (secondary N) is 1. The van der Waals surface area contributed by atoms with Crippen LogP contribution in [0.2, 0.25) is 0 Å². The van der Waals surface area contributed by atoms with E-state index in [4.69, 9.17) is 0 Å². The van der Waals surface area contributed by atoms with E-state index in [0.717, 1.165) is 11.3 Å². The molecule has 1 saturated carbocycles. The fraction of sp³-hybridized carbons (Fsp3) is 0.353. The van der Waals surface area contributed by atoms with E-state index in [9.17, 15) is 9.59 Å². The summed E-state index contributed by atoms with van der Waals surface area (Å²) < 4.78 is 1.93. The summed E-state index contributed by atoms with van der Waals surface area (Å²) in [5.41, 5.74) is 2.07. The average Bonchev–Trinajstić information content (AvgIpc) is 3.18. The van der Waals surface area contributed by atoms with E-state index in [1.54, 1.807) is 12.5 Å². The summed E-state index contributed by atoms with van der Waals surface area (Å²) in [4.78, 5) is 27.5. The lowest BCUT2D eigenvalue weighted by molar-refractivity contribution is -0.127. The molecular formula is C17H19N3O2. The van der Waals surface area contributed by atoms with Gasteiger partial charge in [-0.25, -0.2) is 4.98 Å². The summed E-state index contributed by atoms with van der Waals surface area (Å²) in [5.74, 6) is 0.0229. The minimum Gasteiger partial charge on any atom is -0.349 e. The van der Waals surface area contributed by atoms with Gasteiger partial charge in [0.05, 0.1) is 12.4 Å². The summed E-state index contributed by atoms with van der Waals surface area (Å²) in [6.45, 7) is 1.96. The SMILES string of the molecule is C[C@H](NC(=O)C1CCC(=O)C1)c1ccc(-n2ccnc2)cc1. The molecule has 5 nitrogen and oxygen atoms in total. The lowest BCUT2D eigenvalue weighted by atomic mass is 10.0. The molecular weight excluding hydrogens is 278 g/mol. The first kappa shape index (κ1) is 14.5. The Kier molecular flexibility index (Phi) is 4.04. The Bertz CT molecular complexity index is 662. The zero-order valence-electron chi connectivity index (χ0n) is 12.5. The minimum absolute atomic E-state index is 0.0166. The fourth-order valence-corrected chi connectivity index (χ4v) is 2.80. The van der Waals surface area contributed by atoms with E-state index in [2.05, 4.69) is 10.3 Å². The van der Waals surface area contributed by atoms with Gasteiger partial charge in [-0.15, -0.1) is 0 Å². The molecule has 1 aromatic heterocycles. The number of rotatable bonds is 4. The largest absolute Gasteiger partial charge is 0.349 e. The van der Waals surface area contributed by atoms with Crippen LogP contribution in [0.5, 0.6) is 0 Å². The molecule has 22 heavy (non-hydrogen) atoms. The molecule has 114 valence electrons. The summed E-state index contributed by atoms with van der Waals surface area (Å²) in [6.07, 6.45) is 6.97. The van der Waals surface area contributed by atoms with E-state index in [-0.39, 0.29) is 23.7 Å². The lowest BCUT2D eigenvalue weighted by Crippen LogP contribution is -2.31. The molecule has 1 unspecified atom stereocenters. The van der Waals surface area contributed by atoms with E-state index in [0.29, 0.717) is 19.3 Å². The van der Waals surface area contributed by atoms with E-state index in [1.807, 2.05) is 42.0 Å². The molecule has 5 heteroatoms. The van der Waals surface area contributed by atoms with Crippen LogP contribution in [0.15, 0.2) is 43.0 Å². The number of Topliss-reactive ketones (excluding diaryl/α,β-unsaturated/α-hetero) is 1. The smallest absolute Gasteiger partial charge is 0.224 e. The predicted molar refractivity (Wildman–Crippen MR) is 82.5 cm³/mol. The standard InChI is InChI=1S/C17H19N3O2/c1-12(19-17(22)14-4-7-16(21)10-14)13-2-5-15(6-3-13)20-9-8-18-11-20/h2-3,5-6,8-9,11-12,14H,4,7,10H2,1H3,(H,19,22)/t12-,14?/m0/s1. The van der Waals surface area contributed by atoms with Crippen LogP contribution in [0.4, 0.5) is 0 Å². The number of ketones is 1. The highest BCUT2D eigenvalue weighted by atomic mass is 16.2. The minimum atomic E-state index is -0.153. The molecule has 1 amide bonds. The van der Waals surface area contributed by atoms with Crippen molar-refractivity contribution in [3.63, 3.8) is 0 Å². The van der Waals surface area contributed by atoms with Crippen molar-refractivity contribution in [3.05, 3.63) is 48.5 Å². The Balaban J connectivity index is 1.63. The van der Waals surface area contributed by atoms with Crippen LogP contribution in [0.25, 0.3) is 5.69 Å². The van der Waals surface area contributed by atoms with Gasteiger partial charge in [-0.3, -0.25) is 9.59 Å². The maximum atomic E-state index is 12.2. The molecule has 1 N–H and O–H groups in total. The van der Waals surface area contributed by atoms with Crippen LogP contribution in [-0.2, 0) is 9.59 Å². The maximum Gasteiger partial charge on any atom is 0.224 e.